The fourth-order valence-corrected chi connectivity index (χ4v) is 2.01. The van der Waals surface area contributed by atoms with Crippen molar-refractivity contribution < 1.29 is 4.79 Å². The molecule has 0 aliphatic carbocycles. The van der Waals surface area contributed by atoms with Crippen molar-refractivity contribution >= 4 is 22.8 Å². The number of pyridine rings is 1. The van der Waals surface area contributed by atoms with E-state index in [9.17, 15) is 4.79 Å². The molecule has 0 radical (unpaired) electrons. The molecule has 1 N–H and O–H groups in total. The Bertz CT molecular complexity index is 840. The molecule has 3 heterocycles. The molecule has 8 heteroatoms. The van der Waals surface area contributed by atoms with Crippen LogP contribution in [0.2, 0.25) is 0 Å². The summed E-state index contributed by atoms with van der Waals surface area (Å²) in [6.45, 7) is 6.12. The van der Waals surface area contributed by atoms with Crippen molar-refractivity contribution in [3.05, 3.63) is 30.2 Å². The smallest absolute Gasteiger partial charge is 0.257 e. The molecule has 0 saturated carbocycles. The zero-order chi connectivity index (χ0) is 15.9. The van der Waals surface area contributed by atoms with Crippen molar-refractivity contribution in [2.24, 2.45) is 7.05 Å². The maximum atomic E-state index is 12.3. The summed E-state index contributed by atoms with van der Waals surface area (Å²) in [6, 6.07) is 1.67. The average Bonchev–Trinajstić information content (AvgIpc) is 3.05. The molecule has 0 spiro atoms. The molecule has 0 aliphatic heterocycles. The highest BCUT2D eigenvalue weighted by molar-refractivity contribution is 6.05. The lowest BCUT2D eigenvalue weighted by Crippen LogP contribution is -2.22. The van der Waals surface area contributed by atoms with Gasteiger partial charge in [0.15, 0.2) is 5.65 Å². The van der Waals surface area contributed by atoms with Crippen LogP contribution < -0.4 is 5.32 Å². The number of anilines is 1. The maximum Gasteiger partial charge on any atom is 0.257 e. The molecule has 0 saturated heterocycles. The van der Waals surface area contributed by atoms with Crippen molar-refractivity contribution in [1.29, 1.82) is 0 Å². The maximum absolute atomic E-state index is 12.3. The third-order valence-corrected chi connectivity index (χ3v) is 3.23. The molecule has 114 valence electrons. The quantitative estimate of drug-likeness (QED) is 0.775. The average molecular weight is 299 g/mol. The predicted molar refractivity (Wildman–Crippen MR) is 81.5 cm³/mol. The normalized spacial score (nSPS) is 11.8. The Labute approximate surface area is 127 Å². The van der Waals surface area contributed by atoms with Crippen LogP contribution in [-0.2, 0) is 12.6 Å². The van der Waals surface area contributed by atoms with Crippen molar-refractivity contribution in [2.45, 2.75) is 26.3 Å². The van der Waals surface area contributed by atoms with Gasteiger partial charge in [-0.1, -0.05) is 5.21 Å². The minimum Gasteiger partial charge on any atom is -0.319 e. The summed E-state index contributed by atoms with van der Waals surface area (Å²) in [5, 5.41) is 14.9. The third-order valence-electron chi connectivity index (χ3n) is 3.23. The summed E-state index contributed by atoms with van der Waals surface area (Å²) >= 11 is 0. The highest BCUT2D eigenvalue weighted by Gasteiger charge is 2.16. The van der Waals surface area contributed by atoms with Crippen LogP contribution in [-0.4, -0.2) is 35.7 Å². The highest BCUT2D eigenvalue weighted by atomic mass is 16.1. The summed E-state index contributed by atoms with van der Waals surface area (Å²) in [4.78, 5) is 16.5. The van der Waals surface area contributed by atoms with E-state index in [-0.39, 0.29) is 11.4 Å². The van der Waals surface area contributed by atoms with Crippen LogP contribution in [0.15, 0.2) is 24.7 Å². The number of rotatable bonds is 2. The second kappa shape index (κ2) is 4.90. The van der Waals surface area contributed by atoms with Crippen LogP contribution in [0.1, 0.15) is 31.1 Å². The Hall–Kier alpha value is -2.77. The topological polar surface area (TPSA) is 90.5 Å². The van der Waals surface area contributed by atoms with E-state index in [0.29, 0.717) is 22.4 Å². The molecule has 0 unspecified atom stereocenters. The fourth-order valence-electron chi connectivity index (χ4n) is 2.01. The van der Waals surface area contributed by atoms with Gasteiger partial charge < -0.3 is 5.32 Å². The Morgan fingerprint density at radius 3 is 2.73 bits per heavy atom. The van der Waals surface area contributed by atoms with Crippen LogP contribution in [0.25, 0.3) is 11.2 Å². The fraction of sp³-hybridized carbons (Fsp3) is 0.357. The summed E-state index contributed by atoms with van der Waals surface area (Å²) in [7, 11) is 1.75. The summed E-state index contributed by atoms with van der Waals surface area (Å²) in [5.41, 5.74) is 2.15. The number of fused-ring (bicyclic) bond motifs is 1. The number of hydrogen-bond acceptors (Lipinski definition) is 5. The standard InChI is InChI=1S/C14H17N7O/c1-14(2,3)21-8-10(7-16-21)17-13(22)9-5-11-12(15-6-9)20(4)19-18-11/h5-8H,1-4H3,(H,17,22). The molecule has 3 rings (SSSR count). The molecule has 0 bridgehead atoms. The largest absolute Gasteiger partial charge is 0.319 e. The van der Waals surface area contributed by atoms with Crippen molar-refractivity contribution in [3.63, 3.8) is 0 Å². The lowest BCUT2D eigenvalue weighted by atomic mass is 10.1. The zero-order valence-corrected chi connectivity index (χ0v) is 12.9. The molecule has 1 amide bonds. The van der Waals surface area contributed by atoms with Gasteiger partial charge >= 0.3 is 0 Å². The van der Waals surface area contributed by atoms with Gasteiger partial charge in [0, 0.05) is 19.4 Å². The number of nitrogens with zero attached hydrogens (tertiary/aromatic N) is 6. The first-order valence-electron chi connectivity index (χ1n) is 6.86. The number of carbonyl (C=O) groups excluding carboxylic acids is 1. The van der Waals surface area contributed by atoms with Crippen LogP contribution in [0, 0.1) is 0 Å². The molecule has 3 aromatic rings. The van der Waals surface area contributed by atoms with Gasteiger partial charge in [-0.25, -0.2) is 9.67 Å². The molecule has 0 aliphatic rings. The predicted octanol–water partition coefficient (Wildman–Crippen LogP) is 1.57. The lowest BCUT2D eigenvalue weighted by Gasteiger charge is -2.18. The van der Waals surface area contributed by atoms with Gasteiger partial charge in [-0.3, -0.25) is 9.48 Å². The van der Waals surface area contributed by atoms with Gasteiger partial charge in [0.2, 0.25) is 0 Å². The molecular weight excluding hydrogens is 282 g/mol. The molecular formula is C14H17N7O. The summed E-state index contributed by atoms with van der Waals surface area (Å²) in [5.74, 6) is -0.256. The SMILES string of the molecule is Cn1nnc2cc(C(=O)Nc3cnn(C(C)(C)C)c3)cnc21. The van der Waals surface area contributed by atoms with Gasteiger partial charge in [0.25, 0.3) is 5.91 Å². The first kappa shape index (κ1) is 14.2. The molecule has 8 nitrogen and oxygen atoms in total. The monoisotopic (exact) mass is 299 g/mol. The first-order valence-corrected chi connectivity index (χ1v) is 6.86. The number of carbonyl (C=O) groups is 1. The number of amides is 1. The van der Waals surface area contributed by atoms with Crippen LogP contribution in [0.4, 0.5) is 5.69 Å². The number of hydrogen-bond donors (Lipinski definition) is 1. The first-order chi connectivity index (χ1) is 10.3. The van der Waals surface area contributed by atoms with Gasteiger partial charge in [-0.15, -0.1) is 5.10 Å². The number of nitrogens with one attached hydrogen (secondary N) is 1. The third kappa shape index (κ3) is 2.54. The Kier molecular flexibility index (Phi) is 3.16. The van der Waals surface area contributed by atoms with E-state index in [1.165, 1.54) is 6.20 Å². The second-order valence-electron chi connectivity index (χ2n) is 6.08. The van der Waals surface area contributed by atoms with E-state index < -0.39 is 0 Å². The Balaban J connectivity index is 1.82. The van der Waals surface area contributed by atoms with E-state index in [1.807, 2.05) is 20.8 Å². The minimum absolute atomic E-state index is 0.136. The van der Waals surface area contributed by atoms with E-state index >= 15 is 0 Å². The molecule has 0 fully saturated rings. The molecule has 3 aromatic heterocycles. The van der Waals surface area contributed by atoms with Gasteiger partial charge in [-0.05, 0) is 26.8 Å². The van der Waals surface area contributed by atoms with E-state index in [4.69, 9.17) is 0 Å². The van der Waals surface area contributed by atoms with Crippen molar-refractivity contribution in [3.8, 4) is 0 Å². The van der Waals surface area contributed by atoms with Gasteiger partial charge in [0.05, 0.1) is 23.0 Å². The molecule has 0 aromatic carbocycles. The summed E-state index contributed by atoms with van der Waals surface area (Å²) in [6.07, 6.45) is 4.93. The lowest BCUT2D eigenvalue weighted by molar-refractivity contribution is 0.102. The van der Waals surface area contributed by atoms with Crippen LogP contribution >= 0.6 is 0 Å². The van der Waals surface area contributed by atoms with E-state index in [0.717, 1.165) is 0 Å². The van der Waals surface area contributed by atoms with E-state index in [2.05, 4.69) is 25.7 Å². The summed E-state index contributed by atoms with van der Waals surface area (Å²) < 4.78 is 3.36. The number of aryl methyl sites for hydroxylation is 1. The van der Waals surface area contributed by atoms with E-state index in [1.54, 1.807) is 34.9 Å². The Morgan fingerprint density at radius 1 is 1.27 bits per heavy atom. The van der Waals surface area contributed by atoms with Crippen LogP contribution in [0.3, 0.4) is 0 Å². The highest BCUT2D eigenvalue weighted by Crippen LogP contribution is 2.17. The van der Waals surface area contributed by atoms with Crippen LogP contribution in [0.5, 0.6) is 0 Å². The number of aromatic nitrogens is 6. The molecule has 22 heavy (non-hydrogen) atoms. The van der Waals surface area contributed by atoms with Crippen molar-refractivity contribution in [2.75, 3.05) is 5.32 Å². The second-order valence-corrected chi connectivity index (χ2v) is 6.08. The Morgan fingerprint density at radius 2 is 2.05 bits per heavy atom. The zero-order valence-electron chi connectivity index (χ0n) is 12.9. The van der Waals surface area contributed by atoms with Crippen molar-refractivity contribution in [1.82, 2.24) is 29.8 Å². The van der Waals surface area contributed by atoms with Gasteiger partial charge in [-0.2, -0.15) is 5.10 Å². The van der Waals surface area contributed by atoms with Gasteiger partial charge in [0.1, 0.15) is 5.52 Å². The minimum atomic E-state index is -0.256. The molecule has 0 atom stereocenters.